The Morgan fingerprint density at radius 2 is 1.95 bits per heavy atom. The molecular weight excluding hydrogens is 238 g/mol. The van der Waals surface area contributed by atoms with Gasteiger partial charge in [-0.15, -0.1) is 0 Å². The van der Waals surface area contributed by atoms with Gasteiger partial charge in [0.05, 0.1) is 12.7 Å². The summed E-state index contributed by atoms with van der Waals surface area (Å²) in [5, 5.41) is 9.12. The molecule has 96 valence electrons. The van der Waals surface area contributed by atoms with E-state index < -0.39 is 0 Å². The van der Waals surface area contributed by atoms with Crippen molar-refractivity contribution in [2.24, 2.45) is 4.99 Å². The van der Waals surface area contributed by atoms with Gasteiger partial charge in [0.1, 0.15) is 17.6 Å². The summed E-state index contributed by atoms with van der Waals surface area (Å²) in [6.45, 7) is 3.85. The van der Waals surface area contributed by atoms with Gasteiger partial charge in [0.15, 0.2) is 0 Å². The van der Waals surface area contributed by atoms with E-state index in [0.717, 1.165) is 22.6 Å². The molecule has 19 heavy (non-hydrogen) atoms. The van der Waals surface area contributed by atoms with E-state index in [1.54, 1.807) is 13.3 Å². The summed E-state index contributed by atoms with van der Waals surface area (Å²) >= 11 is 0. The molecule has 0 unspecified atom stereocenters. The highest BCUT2D eigenvalue weighted by Crippen LogP contribution is 2.23. The molecule has 1 heterocycles. The molecule has 1 aromatic heterocycles. The highest BCUT2D eigenvalue weighted by atomic mass is 16.5. The van der Waals surface area contributed by atoms with Crippen molar-refractivity contribution in [2.45, 2.75) is 13.8 Å². The maximum atomic E-state index is 9.12. The first kappa shape index (κ1) is 12.9. The van der Waals surface area contributed by atoms with Gasteiger partial charge in [0.2, 0.25) is 0 Å². The monoisotopic (exact) mass is 253 g/mol. The zero-order valence-corrected chi connectivity index (χ0v) is 11.2. The van der Waals surface area contributed by atoms with Gasteiger partial charge in [0.25, 0.3) is 0 Å². The van der Waals surface area contributed by atoms with Gasteiger partial charge in [-0.05, 0) is 49.2 Å². The van der Waals surface area contributed by atoms with Crippen LogP contribution in [-0.2, 0) is 0 Å². The van der Waals surface area contributed by atoms with Crippen LogP contribution in [0.2, 0.25) is 0 Å². The van der Waals surface area contributed by atoms with Crippen LogP contribution < -0.4 is 4.74 Å². The Kier molecular flexibility index (Phi) is 3.67. The number of rotatable bonds is 3. The van der Waals surface area contributed by atoms with E-state index >= 15 is 0 Å². The number of hydrogen-bond donors (Lipinski definition) is 1. The lowest BCUT2D eigenvalue weighted by Crippen LogP contribution is -1.84. The Labute approximate surface area is 112 Å². The van der Waals surface area contributed by atoms with Gasteiger partial charge < -0.3 is 9.72 Å². The lowest BCUT2D eigenvalue weighted by atomic mass is 10.2. The Bertz CT molecular complexity index is 645. The van der Waals surface area contributed by atoms with Crippen molar-refractivity contribution in [3.05, 3.63) is 46.6 Å². The second kappa shape index (κ2) is 5.40. The first-order valence-electron chi connectivity index (χ1n) is 5.93. The topological polar surface area (TPSA) is 61.2 Å². The number of nitrogens with zero attached hydrogens (tertiary/aromatic N) is 2. The van der Waals surface area contributed by atoms with E-state index in [1.807, 2.05) is 38.1 Å². The van der Waals surface area contributed by atoms with Gasteiger partial charge in [0, 0.05) is 11.9 Å². The summed E-state index contributed by atoms with van der Waals surface area (Å²) in [5.41, 5.74) is 3.47. The van der Waals surface area contributed by atoms with Crippen LogP contribution in [0.5, 0.6) is 5.75 Å². The maximum absolute atomic E-state index is 9.12. The van der Waals surface area contributed by atoms with Crippen molar-refractivity contribution in [1.82, 2.24) is 4.98 Å². The zero-order chi connectivity index (χ0) is 13.8. The third-order valence-corrected chi connectivity index (χ3v) is 3.05. The second-order valence-corrected chi connectivity index (χ2v) is 4.24. The number of aromatic nitrogens is 1. The predicted molar refractivity (Wildman–Crippen MR) is 75.2 cm³/mol. The number of aryl methyl sites for hydroxylation is 1. The van der Waals surface area contributed by atoms with E-state index in [0.29, 0.717) is 11.4 Å². The lowest BCUT2D eigenvalue weighted by molar-refractivity contribution is 0.415. The highest BCUT2D eigenvalue weighted by molar-refractivity contribution is 5.82. The van der Waals surface area contributed by atoms with Crippen LogP contribution in [-0.4, -0.2) is 18.3 Å². The molecule has 0 aliphatic carbocycles. The number of aromatic amines is 1. The Hall–Kier alpha value is -2.54. The minimum absolute atomic E-state index is 0.599. The van der Waals surface area contributed by atoms with Crippen molar-refractivity contribution in [2.75, 3.05) is 7.11 Å². The van der Waals surface area contributed by atoms with Crippen molar-refractivity contribution in [3.63, 3.8) is 0 Å². The highest BCUT2D eigenvalue weighted by Gasteiger charge is 2.09. The van der Waals surface area contributed by atoms with Crippen LogP contribution in [0.4, 0.5) is 5.82 Å². The minimum atomic E-state index is 0.599. The molecule has 0 amide bonds. The molecule has 4 nitrogen and oxygen atoms in total. The summed E-state index contributed by atoms with van der Waals surface area (Å²) in [4.78, 5) is 7.45. The molecular formula is C15H15N3O. The number of methoxy groups -OCH3 is 1. The van der Waals surface area contributed by atoms with Crippen LogP contribution in [0.15, 0.2) is 29.3 Å². The number of ether oxygens (including phenoxy) is 1. The van der Waals surface area contributed by atoms with E-state index in [2.05, 4.69) is 16.0 Å². The smallest absolute Gasteiger partial charge is 0.148 e. The van der Waals surface area contributed by atoms with Gasteiger partial charge in [-0.2, -0.15) is 5.26 Å². The largest absolute Gasteiger partial charge is 0.497 e. The molecule has 1 aromatic carbocycles. The number of hydrogen-bond acceptors (Lipinski definition) is 3. The van der Waals surface area contributed by atoms with Crippen molar-refractivity contribution in [1.29, 1.82) is 5.26 Å². The first-order chi connectivity index (χ1) is 9.15. The lowest BCUT2D eigenvalue weighted by Gasteiger charge is -1.98. The summed E-state index contributed by atoms with van der Waals surface area (Å²) in [6.07, 6.45) is 1.73. The van der Waals surface area contributed by atoms with Crippen molar-refractivity contribution < 1.29 is 4.74 Å². The molecule has 0 radical (unpaired) electrons. The van der Waals surface area contributed by atoms with E-state index in [9.17, 15) is 0 Å². The molecule has 0 aliphatic rings. The summed E-state index contributed by atoms with van der Waals surface area (Å²) < 4.78 is 5.09. The van der Waals surface area contributed by atoms with Gasteiger partial charge in [-0.25, -0.2) is 4.99 Å². The van der Waals surface area contributed by atoms with E-state index in [1.165, 1.54) is 0 Å². The molecule has 0 atom stereocenters. The average molecular weight is 253 g/mol. The van der Waals surface area contributed by atoms with Crippen LogP contribution in [0.1, 0.15) is 22.4 Å². The molecule has 2 aromatic rings. The third-order valence-electron chi connectivity index (χ3n) is 3.05. The van der Waals surface area contributed by atoms with Crippen LogP contribution in [0, 0.1) is 25.2 Å². The summed E-state index contributed by atoms with van der Waals surface area (Å²) in [7, 11) is 1.63. The molecule has 1 N–H and O–H groups in total. The van der Waals surface area contributed by atoms with Crippen LogP contribution >= 0.6 is 0 Å². The van der Waals surface area contributed by atoms with Gasteiger partial charge in [-0.1, -0.05) is 0 Å². The van der Waals surface area contributed by atoms with Crippen molar-refractivity contribution >= 4 is 12.0 Å². The molecule has 2 rings (SSSR count). The molecule has 0 aliphatic heterocycles. The average Bonchev–Trinajstić information content (AvgIpc) is 2.72. The Morgan fingerprint density at radius 1 is 1.26 bits per heavy atom. The number of H-pyrrole nitrogens is 1. The van der Waals surface area contributed by atoms with E-state index in [-0.39, 0.29) is 0 Å². The molecule has 0 saturated carbocycles. The summed E-state index contributed by atoms with van der Waals surface area (Å²) in [5.74, 6) is 1.41. The standard InChI is InChI=1S/C15H15N3O/c1-10-11(2)18-15(14(10)8-16)17-9-12-4-6-13(19-3)7-5-12/h4-7,9,18H,1-3H3. The number of benzene rings is 1. The van der Waals surface area contributed by atoms with Crippen LogP contribution in [0.3, 0.4) is 0 Å². The molecule has 0 spiro atoms. The van der Waals surface area contributed by atoms with E-state index in [4.69, 9.17) is 10.00 Å². The second-order valence-electron chi connectivity index (χ2n) is 4.24. The number of nitrogens with one attached hydrogen (secondary N) is 1. The fourth-order valence-electron chi connectivity index (χ4n) is 1.76. The Balaban J connectivity index is 2.27. The van der Waals surface area contributed by atoms with Gasteiger partial charge >= 0.3 is 0 Å². The molecule has 0 saturated heterocycles. The fraction of sp³-hybridized carbons (Fsp3) is 0.200. The van der Waals surface area contributed by atoms with Crippen molar-refractivity contribution in [3.8, 4) is 11.8 Å². The third kappa shape index (κ3) is 2.66. The predicted octanol–water partition coefficient (Wildman–Crippen LogP) is 3.26. The zero-order valence-electron chi connectivity index (χ0n) is 11.2. The maximum Gasteiger partial charge on any atom is 0.148 e. The Morgan fingerprint density at radius 3 is 2.53 bits per heavy atom. The normalized spacial score (nSPS) is 10.6. The SMILES string of the molecule is COc1ccc(C=Nc2[nH]c(C)c(C)c2C#N)cc1. The molecule has 0 fully saturated rings. The number of nitriles is 1. The van der Waals surface area contributed by atoms with Crippen LogP contribution in [0.25, 0.3) is 0 Å². The quantitative estimate of drug-likeness (QED) is 0.853. The fourth-order valence-corrected chi connectivity index (χ4v) is 1.76. The summed E-state index contributed by atoms with van der Waals surface area (Å²) in [6, 6.07) is 9.75. The minimum Gasteiger partial charge on any atom is -0.497 e. The molecule has 4 heteroatoms. The first-order valence-corrected chi connectivity index (χ1v) is 5.93. The van der Waals surface area contributed by atoms with Gasteiger partial charge in [-0.3, -0.25) is 0 Å². The number of aliphatic imine (C=N–C) groups is 1. The molecule has 0 bridgehead atoms.